The molecule has 5 heteroatoms. The van der Waals surface area contributed by atoms with Gasteiger partial charge in [-0.05, 0) is 30.7 Å². The van der Waals surface area contributed by atoms with Gasteiger partial charge in [-0.25, -0.2) is 0 Å². The van der Waals surface area contributed by atoms with Crippen LogP contribution >= 0.6 is 0 Å². The highest BCUT2D eigenvalue weighted by Gasteiger charge is 2.45. The third-order valence-corrected chi connectivity index (χ3v) is 5.53. The summed E-state index contributed by atoms with van der Waals surface area (Å²) in [5.41, 5.74) is 1.35. The van der Waals surface area contributed by atoms with Crippen LogP contribution in [-0.2, 0) is 9.59 Å². The molecule has 0 spiro atoms. The molecular weight excluding hydrogens is 304 g/mol. The van der Waals surface area contributed by atoms with Crippen LogP contribution in [0, 0.1) is 11.8 Å². The van der Waals surface area contributed by atoms with E-state index in [1.807, 2.05) is 17.9 Å². The fraction of sp³-hybridized carbons (Fsp3) is 0.579. The summed E-state index contributed by atoms with van der Waals surface area (Å²) in [6.45, 7) is 3.42. The first-order chi connectivity index (χ1) is 11.6. The van der Waals surface area contributed by atoms with E-state index < -0.39 is 0 Å². The molecule has 1 aromatic carbocycles. The zero-order chi connectivity index (χ0) is 17.1. The molecule has 2 saturated heterocycles. The van der Waals surface area contributed by atoms with Crippen molar-refractivity contribution in [2.24, 2.45) is 11.8 Å². The van der Waals surface area contributed by atoms with Crippen LogP contribution in [0.5, 0.6) is 0 Å². The van der Waals surface area contributed by atoms with Crippen molar-refractivity contribution in [1.29, 1.82) is 0 Å². The first-order valence-corrected chi connectivity index (χ1v) is 8.86. The number of likely N-dealkylation sites (tertiary alicyclic amines) is 1. The predicted octanol–water partition coefficient (Wildman–Crippen LogP) is 1.53. The van der Waals surface area contributed by atoms with Crippen molar-refractivity contribution in [2.75, 3.05) is 19.7 Å². The number of amides is 2. The molecular formula is C19H26N2O3. The van der Waals surface area contributed by atoms with E-state index in [2.05, 4.69) is 29.6 Å². The fourth-order valence-corrected chi connectivity index (χ4v) is 3.96. The average Bonchev–Trinajstić information content (AvgIpc) is 2.64. The quantitative estimate of drug-likeness (QED) is 0.805. The molecule has 0 radical (unpaired) electrons. The number of hydrogen-bond acceptors (Lipinski definition) is 3. The molecule has 0 bridgehead atoms. The topological polar surface area (TPSA) is 69.6 Å². The minimum absolute atomic E-state index is 0.0159. The molecule has 0 aliphatic carbocycles. The van der Waals surface area contributed by atoms with Crippen LogP contribution in [0.25, 0.3) is 0 Å². The molecule has 2 amide bonds. The smallest absolute Gasteiger partial charge is 0.227 e. The molecule has 24 heavy (non-hydrogen) atoms. The van der Waals surface area contributed by atoms with Gasteiger partial charge in [0.15, 0.2) is 0 Å². The molecule has 0 aromatic heterocycles. The Labute approximate surface area is 143 Å². The third kappa shape index (κ3) is 3.31. The Balaban J connectivity index is 1.54. The lowest BCUT2D eigenvalue weighted by Gasteiger charge is -2.42. The molecule has 2 N–H and O–H groups in total. The summed E-state index contributed by atoms with van der Waals surface area (Å²) in [5.74, 6) is 0.144. The van der Waals surface area contributed by atoms with Crippen molar-refractivity contribution in [3.8, 4) is 0 Å². The summed E-state index contributed by atoms with van der Waals surface area (Å²) in [6.07, 6.45) is 2.41. The Bertz CT molecular complexity index is 582. The second-order valence-electron chi connectivity index (χ2n) is 6.95. The maximum atomic E-state index is 12.7. The van der Waals surface area contributed by atoms with Gasteiger partial charge in [-0.3, -0.25) is 9.59 Å². The number of aliphatic hydroxyl groups is 1. The lowest BCUT2D eigenvalue weighted by Crippen LogP contribution is -2.63. The lowest BCUT2D eigenvalue weighted by molar-refractivity contribution is -0.145. The van der Waals surface area contributed by atoms with Crippen LogP contribution in [-0.4, -0.2) is 47.6 Å². The fourth-order valence-electron chi connectivity index (χ4n) is 3.96. The number of aliphatic hydroxyl groups excluding tert-OH is 1. The third-order valence-electron chi connectivity index (χ3n) is 5.53. The maximum Gasteiger partial charge on any atom is 0.227 e. The number of nitrogens with one attached hydrogen (secondary N) is 1. The molecule has 2 heterocycles. The van der Waals surface area contributed by atoms with Gasteiger partial charge in [0.1, 0.15) is 0 Å². The van der Waals surface area contributed by atoms with Crippen LogP contribution in [0.3, 0.4) is 0 Å². The molecule has 5 nitrogen and oxygen atoms in total. The molecule has 3 atom stereocenters. The van der Waals surface area contributed by atoms with Crippen molar-refractivity contribution in [3.63, 3.8) is 0 Å². The second-order valence-corrected chi connectivity index (χ2v) is 6.95. The molecule has 2 aliphatic rings. The summed E-state index contributed by atoms with van der Waals surface area (Å²) in [7, 11) is 0. The van der Waals surface area contributed by atoms with Gasteiger partial charge < -0.3 is 15.3 Å². The van der Waals surface area contributed by atoms with E-state index in [4.69, 9.17) is 5.11 Å². The number of β-lactam (4-membered cyclic amide) rings is 1. The summed E-state index contributed by atoms with van der Waals surface area (Å²) in [4.78, 5) is 26.3. The Morgan fingerprint density at radius 1 is 1.29 bits per heavy atom. The summed E-state index contributed by atoms with van der Waals surface area (Å²) in [5, 5.41) is 11.9. The van der Waals surface area contributed by atoms with E-state index in [-0.39, 0.29) is 36.3 Å². The Hall–Kier alpha value is -1.88. The highest BCUT2D eigenvalue weighted by atomic mass is 16.3. The Morgan fingerprint density at radius 2 is 1.96 bits per heavy atom. The number of rotatable bonds is 5. The summed E-state index contributed by atoms with van der Waals surface area (Å²) >= 11 is 0. The molecule has 0 saturated carbocycles. The number of benzene rings is 1. The van der Waals surface area contributed by atoms with E-state index in [1.54, 1.807) is 0 Å². The molecule has 3 rings (SSSR count). The van der Waals surface area contributed by atoms with Gasteiger partial charge >= 0.3 is 0 Å². The second kappa shape index (κ2) is 7.34. The predicted molar refractivity (Wildman–Crippen MR) is 91.3 cm³/mol. The van der Waals surface area contributed by atoms with E-state index in [1.165, 1.54) is 5.56 Å². The van der Waals surface area contributed by atoms with Crippen molar-refractivity contribution in [2.45, 2.75) is 38.1 Å². The number of piperidine rings is 1. The SMILES string of the molecule is C[C@@H](C(=O)N1CCC(c2ccccc2)CC1)[C@H]1NC(=O)[C@H]1CCO. The summed E-state index contributed by atoms with van der Waals surface area (Å²) in [6, 6.07) is 10.3. The Morgan fingerprint density at radius 3 is 2.54 bits per heavy atom. The minimum Gasteiger partial charge on any atom is -0.396 e. The average molecular weight is 330 g/mol. The first-order valence-electron chi connectivity index (χ1n) is 8.86. The van der Waals surface area contributed by atoms with Gasteiger partial charge in [0.05, 0.1) is 17.9 Å². The van der Waals surface area contributed by atoms with Gasteiger partial charge in [0.2, 0.25) is 11.8 Å². The van der Waals surface area contributed by atoms with Crippen LogP contribution in [0.1, 0.15) is 37.7 Å². The van der Waals surface area contributed by atoms with E-state index >= 15 is 0 Å². The monoisotopic (exact) mass is 330 g/mol. The van der Waals surface area contributed by atoms with Gasteiger partial charge in [-0.2, -0.15) is 0 Å². The maximum absolute atomic E-state index is 12.7. The van der Waals surface area contributed by atoms with Gasteiger partial charge in [0, 0.05) is 19.7 Å². The lowest BCUT2D eigenvalue weighted by atomic mass is 9.79. The largest absolute Gasteiger partial charge is 0.396 e. The standard InChI is InChI=1S/C19H26N2O3/c1-13(17-16(9-12-22)18(23)20-17)19(24)21-10-7-15(8-11-21)14-5-3-2-4-6-14/h2-6,13,15-17,22H,7-12H2,1H3,(H,20,23)/t13-,16+,17-/m1/s1. The van der Waals surface area contributed by atoms with Crippen molar-refractivity contribution < 1.29 is 14.7 Å². The van der Waals surface area contributed by atoms with Crippen LogP contribution < -0.4 is 5.32 Å². The van der Waals surface area contributed by atoms with Crippen molar-refractivity contribution >= 4 is 11.8 Å². The van der Waals surface area contributed by atoms with E-state index in [9.17, 15) is 9.59 Å². The van der Waals surface area contributed by atoms with Gasteiger partial charge in [-0.15, -0.1) is 0 Å². The van der Waals surface area contributed by atoms with Gasteiger partial charge in [0.25, 0.3) is 0 Å². The molecule has 2 aliphatic heterocycles. The van der Waals surface area contributed by atoms with Crippen LogP contribution in [0.15, 0.2) is 30.3 Å². The van der Waals surface area contributed by atoms with Crippen LogP contribution in [0.4, 0.5) is 0 Å². The molecule has 0 unspecified atom stereocenters. The zero-order valence-electron chi connectivity index (χ0n) is 14.1. The number of nitrogens with zero attached hydrogens (tertiary/aromatic N) is 1. The highest BCUT2D eigenvalue weighted by molar-refractivity contribution is 5.89. The van der Waals surface area contributed by atoms with E-state index in [0.29, 0.717) is 12.3 Å². The minimum atomic E-state index is -0.229. The first kappa shape index (κ1) is 17.0. The number of carbonyl (C=O) groups excluding carboxylic acids is 2. The van der Waals surface area contributed by atoms with Crippen molar-refractivity contribution in [1.82, 2.24) is 10.2 Å². The van der Waals surface area contributed by atoms with Gasteiger partial charge in [-0.1, -0.05) is 37.3 Å². The van der Waals surface area contributed by atoms with Crippen molar-refractivity contribution in [3.05, 3.63) is 35.9 Å². The molecule has 1 aromatic rings. The van der Waals surface area contributed by atoms with Crippen LogP contribution in [0.2, 0.25) is 0 Å². The Kier molecular flexibility index (Phi) is 5.19. The normalized spacial score (nSPS) is 25.8. The number of hydrogen-bond donors (Lipinski definition) is 2. The zero-order valence-corrected chi connectivity index (χ0v) is 14.1. The molecule has 130 valence electrons. The van der Waals surface area contributed by atoms with E-state index in [0.717, 1.165) is 25.9 Å². The number of carbonyl (C=O) groups is 2. The molecule has 2 fully saturated rings. The highest BCUT2D eigenvalue weighted by Crippen LogP contribution is 2.31. The summed E-state index contributed by atoms with van der Waals surface area (Å²) < 4.78 is 0.